The topological polar surface area (TPSA) is 30.0 Å². The van der Waals surface area contributed by atoms with Crippen LogP contribution in [0.1, 0.15) is 0 Å². The highest BCUT2D eigenvalue weighted by atomic mass is 32.1. The predicted molar refractivity (Wildman–Crippen MR) is 88.8 cm³/mol. The molecule has 0 spiro atoms. The molecule has 21 heavy (non-hydrogen) atoms. The molecule has 0 aliphatic rings. The van der Waals surface area contributed by atoms with Crippen molar-refractivity contribution in [2.75, 3.05) is 0 Å². The van der Waals surface area contributed by atoms with Crippen LogP contribution in [0.25, 0.3) is 32.1 Å². The molecule has 0 saturated heterocycles. The first-order chi connectivity index (χ1) is 10.3. The number of aromatic nitrogens is 1. The van der Waals surface area contributed by atoms with Crippen molar-refractivity contribution in [2.45, 2.75) is 0 Å². The molecule has 2 aromatic carbocycles. The Kier molecular flexibility index (Phi) is 2.79. The van der Waals surface area contributed by atoms with E-state index in [1.54, 1.807) is 11.3 Å². The van der Waals surface area contributed by atoms with E-state index in [0.29, 0.717) is 5.39 Å². The molecule has 0 saturated carbocycles. The van der Waals surface area contributed by atoms with Crippen LogP contribution in [0.2, 0.25) is 0 Å². The maximum atomic E-state index is 12.7. The number of hydrogen-bond donors (Lipinski definition) is 0. The normalized spacial score (nSPS) is 11.0. The molecule has 3 heteroatoms. The Balaban J connectivity index is 2.09. The third kappa shape index (κ3) is 2.03. The maximum Gasteiger partial charge on any atom is 0.196 e. The Hall–Kier alpha value is -2.52. The van der Waals surface area contributed by atoms with E-state index in [1.807, 2.05) is 66.2 Å². The third-order valence-corrected chi connectivity index (χ3v) is 4.48. The van der Waals surface area contributed by atoms with E-state index in [0.717, 1.165) is 26.7 Å². The number of fused-ring (bicyclic) bond motifs is 2. The molecule has 4 rings (SSSR count). The van der Waals surface area contributed by atoms with E-state index in [4.69, 9.17) is 0 Å². The summed E-state index contributed by atoms with van der Waals surface area (Å²) < 4.78 is 0.999. The van der Waals surface area contributed by atoms with E-state index in [-0.39, 0.29) is 5.43 Å². The van der Waals surface area contributed by atoms with Crippen LogP contribution >= 0.6 is 11.3 Å². The summed E-state index contributed by atoms with van der Waals surface area (Å²) in [7, 11) is 0. The van der Waals surface area contributed by atoms with Crippen LogP contribution in [-0.4, -0.2) is 4.98 Å². The lowest BCUT2D eigenvalue weighted by Crippen LogP contribution is -1.98. The average molecular weight is 289 g/mol. The molecule has 0 aliphatic carbocycles. The lowest BCUT2D eigenvalue weighted by molar-refractivity contribution is 1.41. The van der Waals surface area contributed by atoms with Crippen molar-refractivity contribution in [3.63, 3.8) is 0 Å². The monoisotopic (exact) mass is 289 g/mol. The number of thiophene rings is 1. The van der Waals surface area contributed by atoms with Crippen LogP contribution in [0.5, 0.6) is 0 Å². The SMILES string of the molecule is O=c1c2cc(-c3ccccc3)cnc2ccc2sccc12. The van der Waals surface area contributed by atoms with E-state index >= 15 is 0 Å². The van der Waals surface area contributed by atoms with E-state index in [2.05, 4.69) is 4.98 Å². The largest absolute Gasteiger partial charge is 0.288 e. The van der Waals surface area contributed by atoms with Crippen molar-refractivity contribution in [1.82, 2.24) is 4.98 Å². The molecular formula is C18H11NOS. The van der Waals surface area contributed by atoms with Gasteiger partial charge >= 0.3 is 0 Å². The molecule has 4 aromatic rings. The second-order valence-electron chi connectivity index (χ2n) is 4.88. The Labute approximate surface area is 125 Å². The van der Waals surface area contributed by atoms with Crippen LogP contribution in [0, 0.1) is 0 Å². The number of benzene rings is 1. The van der Waals surface area contributed by atoms with Gasteiger partial charge in [0.1, 0.15) is 0 Å². The van der Waals surface area contributed by atoms with Crippen LogP contribution < -0.4 is 5.43 Å². The minimum absolute atomic E-state index is 0.0523. The fourth-order valence-electron chi connectivity index (χ4n) is 2.52. The van der Waals surface area contributed by atoms with Gasteiger partial charge in [-0.2, -0.15) is 0 Å². The fourth-order valence-corrected chi connectivity index (χ4v) is 3.30. The summed E-state index contributed by atoms with van der Waals surface area (Å²) in [5, 5.41) is 3.39. The zero-order valence-electron chi connectivity index (χ0n) is 11.1. The Morgan fingerprint density at radius 3 is 2.57 bits per heavy atom. The molecule has 0 unspecified atom stereocenters. The van der Waals surface area contributed by atoms with Crippen molar-refractivity contribution in [3.8, 4) is 11.1 Å². The standard InChI is InChI=1S/C18H11NOS/c20-18-14-8-9-21-17(14)7-6-16-15(18)10-13(11-19-16)12-4-2-1-3-5-12/h1-11H. The van der Waals surface area contributed by atoms with Gasteiger partial charge < -0.3 is 0 Å². The van der Waals surface area contributed by atoms with Gasteiger partial charge in [0.05, 0.1) is 5.52 Å². The highest BCUT2D eigenvalue weighted by Gasteiger charge is 2.06. The summed E-state index contributed by atoms with van der Waals surface area (Å²) in [6.45, 7) is 0. The first-order valence-electron chi connectivity index (χ1n) is 6.69. The molecule has 0 N–H and O–H groups in total. The molecule has 2 nitrogen and oxygen atoms in total. The van der Waals surface area contributed by atoms with Gasteiger partial charge in [0.15, 0.2) is 5.43 Å². The van der Waals surface area contributed by atoms with E-state index < -0.39 is 0 Å². The van der Waals surface area contributed by atoms with Crippen molar-refractivity contribution < 1.29 is 0 Å². The molecule has 0 aliphatic heterocycles. The Morgan fingerprint density at radius 2 is 1.71 bits per heavy atom. The lowest BCUT2D eigenvalue weighted by Gasteiger charge is -2.01. The number of nitrogens with zero attached hydrogens (tertiary/aromatic N) is 1. The van der Waals surface area contributed by atoms with Crippen LogP contribution in [-0.2, 0) is 0 Å². The summed E-state index contributed by atoms with van der Waals surface area (Å²) in [5.74, 6) is 0. The van der Waals surface area contributed by atoms with Crippen LogP contribution in [0.3, 0.4) is 0 Å². The van der Waals surface area contributed by atoms with Gasteiger partial charge in [-0.3, -0.25) is 9.78 Å². The number of rotatable bonds is 1. The van der Waals surface area contributed by atoms with Gasteiger partial charge in [-0.25, -0.2) is 0 Å². The zero-order valence-corrected chi connectivity index (χ0v) is 11.9. The van der Waals surface area contributed by atoms with Crippen LogP contribution in [0.4, 0.5) is 0 Å². The molecule has 0 amide bonds. The van der Waals surface area contributed by atoms with Gasteiger partial charge in [-0.1, -0.05) is 30.3 Å². The van der Waals surface area contributed by atoms with Gasteiger partial charge in [0.2, 0.25) is 0 Å². The molecule has 2 aromatic heterocycles. The van der Waals surface area contributed by atoms with Crippen molar-refractivity contribution in [1.29, 1.82) is 0 Å². The Morgan fingerprint density at radius 1 is 0.857 bits per heavy atom. The smallest absolute Gasteiger partial charge is 0.196 e. The van der Waals surface area contributed by atoms with Gasteiger partial charge in [0, 0.05) is 27.2 Å². The lowest BCUT2D eigenvalue weighted by atomic mass is 10.1. The van der Waals surface area contributed by atoms with Crippen molar-refractivity contribution in [3.05, 3.63) is 76.4 Å². The maximum absolute atomic E-state index is 12.7. The average Bonchev–Trinajstić information content (AvgIpc) is 2.97. The van der Waals surface area contributed by atoms with E-state index in [1.165, 1.54) is 0 Å². The van der Waals surface area contributed by atoms with Gasteiger partial charge in [-0.05, 0) is 35.2 Å². The minimum atomic E-state index is 0.0523. The quantitative estimate of drug-likeness (QED) is 0.517. The summed E-state index contributed by atoms with van der Waals surface area (Å²) in [6, 6.07) is 17.7. The van der Waals surface area contributed by atoms with Gasteiger partial charge in [-0.15, -0.1) is 11.3 Å². The Bertz CT molecular complexity index is 1010. The number of pyridine rings is 1. The molecular weight excluding hydrogens is 278 g/mol. The predicted octanol–water partition coefficient (Wildman–Crippen LogP) is 4.48. The minimum Gasteiger partial charge on any atom is -0.288 e. The van der Waals surface area contributed by atoms with Crippen molar-refractivity contribution in [2.24, 2.45) is 0 Å². The summed E-state index contributed by atoms with van der Waals surface area (Å²) in [5.41, 5.74) is 2.83. The fraction of sp³-hybridized carbons (Fsp3) is 0. The molecule has 0 atom stereocenters. The zero-order chi connectivity index (χ0) is 14.2. The molecule has 2 heterocycles. The van der Waals surface area contributed by atoms with Gasteiger partial charge in [0.25, 0.3) is 0 Å². The summed E-state index contributed by atoms with van der Waals surface area (Å²) in [6.07, 6.45) is 1.82. The molecule has 0 fully saturated rings. The highest BCUT2D eigenvalue weighted by Crippen LogP contribution is 2.23. The van der Waals surface area contributed by atoms with Crippen molar-refractivity contribution >= 4 is 32.3 Å². The first-order valence-corrected chi connectivity index (χ1v) is 7.56. The second-order valence-corrected chi connectivity index (χ2v) is 5.83. The van der Waals surface area contributed by atoms with E-state index in [9.17, 15) is 4.79 Å². The second kappa shape index (κ2) is 4.79. The summed E-state index contributed by atoms with van der Waals surface area (Å²) in [4.78, 5) is 17.2. The highest BCUT2D eigenvalue weighted by molar-refractivity contribution is 7.17. The third-order valence-electron chi connectivity index (χ3n) is 3.60. The molecule has 0 bridgehead atoms. The first kappa shape index (κ1) is 12.2. The molecule has 0 radical (unpaired) electrons. The number of hydrogen-bond acceptors (Lipinski definition) is 3. The summed E-state index contributed by atoms with van der Waals surface area (Å²) >= 11 is 1.58. The molecule has 100 valence electrons. The van der Waals surface area contributed by atoms with Crippen LogP contribution in [0.15, 0.2) is 71.0 Å².